The van der Waals surface area contributed by atoms with E-state index in [9.17, 15) is 9.59 Å². The number of carbonyl (C=O) groups is 1. The molecule has 0 fully saturated rings. The van der Waals surface area contributed by atoms with Crippen LogP contribution in [-0.4, -0.2) is 25.2 Å². The van der Waals surface area contributed by atoms with Crippen LogP contribution in [0.1, 0.15) is 88.5 Å². The van der Waals surface area contributed by atoms with Crippen LogP contribution in [0.4, 0.5) is 0 Å². The Labute approximate surface area is 167 Å². The topological polar surface area (TPSA) is 77.6 Å². The molecule has 0 saturated heterocycles. The largest absolute Gasteiger partial charge is 0.501 e. The van der Waals surface area contributed by atoms with Gasteiger partial charge in [0.1, 0.15) is 11.9 Å². The standard InChI is InChI=1S/C22H33NO5/c1-16(24)28-19-13-11-9-7-5-4-6-8-10-12-17(26-2)14-18-20(27-3)15-21(25)23-22(18)19/h14-15,19H,4-13H2,1-3H3,(H,23,25). The highest BCUT2D eigenvalue weighted by molar-refractivity contribution is 5.67. The number of esters is 1. The van der Waals surface area contributed by atoms with Gasteiger partial charge in [-0.3, -0.25) is 9.59 Å². The van der Waals surface area contributed by atoms with Crippen molar-refractivity contribution >= 4 is 12.0 Å². The van der Waals surface area contributed by atoms with E-state index in [4.69, 9.17) is 14.2 Å². The Morgan fingerprint density at radius 3 is 2.25 bits per heavy atom. The smallest absolute Gasteiger partial charge is 0.303 e. The van der Waals surface area contributed by atoms with Crippen molar-refractivity contribution in [2.45, 2.75) is 77.2 Å². The lowest BCUT2D eigenvalue weighted by atomic mass is 10.0. The van der Waals surface area contributed by atoms with Gasteiger partial charge in [0, 0.05) is 25.0 Å². The maximum Gasteiger partial charge on any atom is 0.303 e. The summed E-state index contributed by atoms with van der Waals surface area (Å²) in [4.78, 5) is 26.8. The molecule has 0 bridgehead atoms. The summed E-state index contributed by atoms with van der Waals surface area (Å²) in [6.45, 7) is 1.39. The second-order valence-corrected chi connectivity index (χ2v) is 7.31. The molecule has 1 atom stereocenters. The summed E-state index contributed by atoms with van der Waals surface area (Å²) in [6, 6.07) is 1.42. The van der Waals surface area contributed by atoms with Crippen LogP contribution in [-0.2, 0) is 14.3 Å². The summed E-state index contributed by atoms with van der Waals surface area (Å²) < 4.78 is 16.6. The fourth-order valence-electron chi connectivity index (χ4n) is 3.68. The normalized spacial score (nSPS) is 19.4. The number of aromatic amines is 1. The van der Waals surface area contributed by atoms with Gasteiger partial charge in [-0.05, 0) is 25.3 Å². The molecular formula is C22H33NO5. The predicted molar refractivity (Wildman–Crippen MR) is 109 cm³/mol. The summed E-state index contributed by atoms with van der Waals surface area (Å²) in [5.41, 5.74) is 1.00. The molecule has 1 unspecified atom stereocenters. The van der Waals surface area contributed by atoms with E-state index in [0.29, 0.717) is 23.4 Å². The molecule has 6 heteroatoms. The number of rotatable bonds is 3. The molecule has 0 saturated carbocycles. The van der Waals surface area contributed by atoms with Crippen LogP contribution in [0.3, 0.4) is 0 Å². The maximum atomic E-state index is 12.2. The first kappa shape index (κ1) is 22.1. The fraction of sp³-hybridized carbons (Fsp3) is 0.636. The van der Waals surface area contributed by atoms with Gasteiger partial charge in [0.05, 0.1) is 25.7 Å². The third-order valence-corrected chi connectivity index (χ3v) is 5.13. The van der Waals surface area contributed by atoms with Crippen LogP contribution in [0.2, 0.25) is 0 Å². The molecule has 156 valence electrons. The van der Waals surface area contributed by atoms with E-state index in [1.807, 2.05) is 6.08 Å². The lowest BCUT2D eigenvalue weighted by molar-refractivity contribution is -0.147. The second-order valence-electron chi connectivity index (χ2n) is 7.31. The zero-order valence-corrected chi connectivity index (χ0v) is 17.3. The Morgan fingerprint density at radius 2 is 1.64 bits per heavy atom. The maximum absolute atomic E-state index is 12.2. The van der Waals surface area contributed by atoms with Crippen molar-refractivity contribution in [3.63, 3.8) is 0 Å². The number of hydrogen-bond acceptors (Lipinski definition) is 5. The van der Waals surface area contributed by atoms with E-state index in [2.05, 4.69) is 4.98 Å². The van der Waals surface area contributed by atoms with Crippen LogP contribution in [0.15, 0.2) is 16.6 Å². The van der Waals surface area contributed by atoms with Gasteiger partial charge in [-0.25, -0.2) is 0 Å². The molecule has 1 aliphatic carbocycles. The van der Waals surface area contributed by atoms with Crippen molar-refractivity contribution in [1.82, 2.24) is 4.98 Å². The highest BCUT2D eigenvalue weighted by Gasteiger charge is 2.22. The minimum absolute atomic E-state index is 0.280. The van der Waals surface area contributed by atoms with Crippen LogP contribution in [0.5, 0.6) is 5.75 Å². The SMILES string of the molecule is COC1=Cc2c(OC)cc(=O)[nH]c2C(OC(C)=O)CCCCCCCCCC1. The molecule has 28 heavy (non-hydrogen) atoms. The number of pyridine rings is 1. The van der Waals surface area contributed by atoms with E-state index in [1.54, 1.807) is 7.11 Å². The molecule has 6 nitrogen and oxygen atoms in total. The summed E-state index contributed by atoms with van der Waals surface area (Å²) in [7, 11) is 3.19. The highest BCUT2D eigenvalue weighted by Crippen LogP contribution is 2.32. The van der Waals surface area contributed by atoms with E-state index in [0.717, 1.165) is 31.4 Å². The first-order valence-corrected chi connectivity index (χ1v) is 10.3. The lowest BCUT2D eigenvalue weighted by Gasteiger charge is -2.21. The van der Waals surface area contributed by atoms with Crippen LogP contribution in [0, 0.1) is 0 Å². The van der Waals surface area contributed by atoms with Crippen molar-refractivity contribution in [1.29, 1.82) is 0 Å². The molecule has 1 aromatic heterocycles. The van der Waals surface area contributed by atoms with Gasteiger partial charge >= 0.3 is 5.97 Å². The Balaban J connectivity index is 2.50. The van der Waals surface area contributed by atoms with Crippen molar-refractivity contribution < 1.29 is 19.0 Å². The van der Waals surface area contributed by atoms with E-state index in [-0.39, 0.29) is 11.5 Å². The van der Waals surface area contributed by atoms with Crippen molar-refractivity contribution in [3.8, 4) is 5.75 Å². The van der Waals surface area contributed by atoms with Gasteiger partial charge in [0.2, 0.25) is 0 Å². The third kappa shape index (κ3) is 6.73. The molecule has 1 aliphatic rings. The van der Waals surface area contributed by atoms with Gasteiger partial charge in [0.15, 0.2) is 0 Å². The third-order valence-electron chi connectivity index (χ3n) is 5.13. The number of methoxy groups -OCH3 is 2. The van der Waals surface area contributed by atoms with Crippen LogP contribution in [0.25, 0.3) is 6.08 Å². The molecule has 1 aromatic rings. The number of hydrogen-bond donors (Lipinski definition) is 1. The molecule has 1 N–H and O–H groups in total. The van der Waals surface area contributed by atoms with Gasteiger partial charge in [-0.2, -0.15) is 0 Å². The van der Waals surface area contributed by atoms with Gasteiger partial charge in [-0.15, -0.1) is 0 Å². The van der Waals surface area contributed by atoms with E-state index < -0.39 is 6.10 Å². The van der Waals surface area contributed by atoms with Gasteiger partial charge < -0.3 is 19.2 Å². The molecular weight excluding hydrogens is 358 g/mol. The zero-order valence-electron chi connectivity index (χ0n) is 17.3. The molecule has 2 rings (SSSR count). The summed E-state index contributed by atoms with van der Waals surface area (Å²) in [6.07, 6.45) is 12.0. The van der Waals surface area contributed by atoms with Crippen LogP contribution < -0.4 is 10.3 Å². The van der Waals surface area contributed by atoms with Gasteiger partial charge in [-0.1, -0.05) is 38.5 Å². The average molecular weight is 392 g/mol. The molecule has 1 heterocycles. The zero-order chi connectivity index (χ0) is 20.4. The first-order valence-electron chi connectivity index (χ1n) is 10.3. The first-order chi connectivity index (χ1) is 13.5. The number of carbonyl (C=O) groups excluding carboxylic acids is 1. The number of allylic oxidation sites excluding steroid dienone is 1. The second kappa shape index (κ2) is 11.6. The fourth-order valence-corrected chi connectivity index (χ4v) is 3.68. The monoisotopic (exact) mass is 391 g/mol. The van der Waals surface area contributed by atoms with Crippen molar-refractivity contribution in [3.05, 3.63) is 33.4 Å². The quantitative estimate of drug-likeness (QED) is 0.742. The summed E-state index contributed by atoms with van der Waals surface area (Å²) >= 11 is 0. The number of aromatic nitrogens is 1. The molecule has 0 aliphatic heterocycles. The molecule has 0 amide bonds. The van der Waals surface area contributed by atoms with Crippen LogP contribution >= 0.6 is 0 Å². The number of H-pyrrole nitrogens is 1. The number of ether oxygens (including phenoxy) is 3. The van der Waals surface area contributed by atoms with E-state index >= 15 is 0 Å². The summed E-state index contributed by atoms with van der Waals surface area (Å²) in [5.74, 6) is 0.909. The number of fused-ring (bicyclic) bond motifs is 1. The van der Waals surface area contributed by atoms with Gasteiger partial charge in [0.25, 0.3) is 5.56 Å². The minimum Gasteiger partial charge on any atom is -0.501 e. The Hall–Kier alpha value is -2.24. The summed E-state index contributed by atoms with van der Waals surface area (Å²) in [5, 5.41) is 0. The lowest BCUT2D eigenvalue weighted by Crippen LogP contribution is -2.18. The highest BCUT2D eigenvalue weighted by atomic mass is 16.5. The molecule has 0 aromatic carbocycles. The number of nitrogens with one attached hydrogen (secondary N) is 1. The Kier molecular flexibility index (Phi) is 9.11. The van der Waals surface area contributed by atoms with Crippen molar-refractivity contribution in [2.75, 3.05) is 14.2 Å². The molecule has 0 radical (unpaired) electrons. The average Bonchev–Trinajstić information content (AvgIpc) is 2.67. The van der Waals surface area contributed by atoms with Crippen molar-refractivity contribution in [2.24, 2.45) is 0 Å². The van der Waals surface area contributed by atoms with E-state index in [1.165, 1.54) is 52.2 Å². The predicted octanol–water partition coefficient (Wildman–Crippen LogP) is 4.89. The minimum atomic E-state index is -0.519. The Bertz CT molecular complexity index is 722. The Morgan fingerprint density at radius 1 is 1.00 bits per heavy atom. The molecule has 0 spiro atoms.